The predicted octanol–water partition coefficient (Wildman–Crippen LogP) is 3.92. The smallest absolute Gasteiger partial charge is 0.119 e. The highest BCUT2D eigenvalue weighted by Gasteiger charge is 1.93. The standard InChI is InChI=1S/C16H14ClNO/c1-2-11-19-16-9-4-13(5-10-16)3-7-15-8-6-14(17)12-18-15/h4-6,8-10,12H,2,11H2,1H3. The molecule has 2 aromatic rings. The molecule has 1 aromatic heterocycles. The fourth-order valence-corrected chi connectivity index (χ4v) is 1.55. The zero-order valence-electron chi connectivity index (χ0n) is 10.7. The molecule has 2 rings (SSSR count). The third kappa shape index (κ3) is 4.31. The number of benzene rings is 1. The van der Waals surface area contributed by atoms with Gasteiger partial charge in [0.2, 0.25) is 0 Å². The van der Waals surface area contributed by atoms with Gasteiger partial charge in [0, 0.05) is 11.8 Å². The lowest BCUT2D eigenvalue weighted by Crippen LogP contribution is -1.94. The highest BCUT2D eigenvalue weighted by atomic mass is 35.5. The first-order valence-corrected chi connectivity index (χ1v) is 6.52. The Morgan fingerprint density at radius 3 is 2.53 bits per heavy atom. The minimum Gasteiger partial charge on any atom is -0.494 e. The topological polar surface area (TPSA) is 22.1 Å². The molecule has 96 valence electrons. The van der Waals surface area contributed by atoms with Crippen LogP contribution in [0.4, 0.5) is 0 Å². The van der Waals surface area contributed by atoms with E-state index in [1.165, 1.54) is 0 Å². The van der Waals surface area contributed by atoms with Crippen molar-refractivity contribution >= 4 is 11.6 Å². The normalized spacial score (nSPS) is 9.58. The SMILES string of the molecule is CCCOc1ccc(C#Cc2ccc(Cl)cn2)cc1. The van der Waals surface area contributed by atoms with Gasteiger partial charge in [0.15, 0.2) is 0 Å². The summed E-state index contributed by atoms with van der Waals surface area (Å²) in [6.45, 7) is 2.82. The molecule has 0 saturated heterocycles. The summed E-state index contributed by atoms with van der Waals surface area (Å²) in [5.74, 6) is 6.92. The first kappa shape index (κ1) is 13.5. The van der Waals surface area contributed by atoms with Crippen molar-refractivity contribution in [1.82, 2.24) is 4.98 Å². The maximum Gasteiger partial charge on any atom is 0.119 e. The van der Waals surface area contributed by atoms with Gasteiger partial charge < -0.3 is 4.74 Å². The third-order valence-corrected chi connectivity index (χ3v) is 2.61. The van der Waals surface area contributed by atoms with Crippen LogP contribution in [-0.4, -0.2) is 11.6 Å². The Morgan fingerprint density at radius 1 is 1.11 bits per heavy atom. The highest BCUT2D eigenvalue weighted by molar-refractivity contribution is 6.30. The van der Waals surface area contributed by atoms with E-state index in [-0.39, 0.29) is 0 Å². The predicted molar refractivity (Wildman–Crippen MR) is 77.5 cm³/mol. The van der Waals surface area contributed by atoms with Crippen molar-refractivity contribution in [2.24, 2.45) is 0 Å². The van der Waals surface area contributed by atoms with Gasteiger partial charge in [0.05, 0.1) is 11.6 Å². The van der Waals surface area contributed by atoms with E-state index in [1.54, 1.807) is 18.3 Å². The molecule has 0 bridgehead atoms. The van der Waals surface area contributed by atoms with Gasteiger partial charge in [-0.3, -0.25) is 0 Å². The lowest BCUT2D eigenvalue weighted by Gasteiger charge is -2.03. The van der Waals surface area contributed by atoms with Crippen molar-refractivity contribution in [3.05, 3.63) is 58.9 Å². The lowest BCUT2D eigenvalue weighted by molar-refractivity contribution is 0.317. The van der Waals surface area contributed by atoms with E-state index in [2.05, 4.69) is 23.7 Å². The molecule has 2 nitrogen and oxygen atoms in total. The van der Waals surface area contributed by atoms with Crippen LogP contribution in [-0.2, 0) is 0 Å². The zero-order chi connectivity index (χ0) is 13.5. The molecule has 0 aliphatic carbocycles. The molecule has 1 heterocycles. The Morgan fingerprint density at radius 2 is 1.89 bits per heavy atom. The Hall–Kier alpha value is -1.98. The van der Waals surface area contributed by atoms with Crippen LogP contribution >= 0.6 is 11.6 Å². The number of pyridine rings is 1. The molecule has 1 aromatic carbocycles. The van der Waals surface area contributed by atoms with Crippen molar-refractivity contribution in [2.45, 2.75) is 13.3 Å². The maximum atomic E-state index is 5.76. The monoisotopic (exact) mass is 271 g/mol. The van der Waals surface area contributed by atoms with E-state index in [0.717, 1.165) is 24.3 Å². The van der Waals surface area contributed by atoms with Gasteiger partial charge in [-0.05, 0) is 48.7 Å². The molecular weight excluding hydrogens is 258 g/mol. The van der Waals surface area contributed by atoms with Gasteiger partial charge in [0.25, 0.3) is 0 Å². The lowest BCUT2D eigenvalue weighted by atomic mass is 10.2. The van der Waals surface area contributed by atoms with Crippen molar-refractivity contribution in [2.75, 3.05) is 6.61 Å². The number of aromatic nitrogens is 1. The minimum absolute atomic E-state index is 0.614. The molecule has 0 unspecified atom stereocenters. The number of nitrogens with zero attached hydrogens (tertiary/aromatic N) is 1. The number of hydrogen-bond acceptors (Lipinski definition) is 2. The van der Waals surface area contributed by atoms with Gasteiger partial charge in [-0.2, -0.15) is 0 Å². The maximum absolute atomic E-state index is 5.76. The molecule has 0 spiro atoms. The summed E-state index contributed by atoms with van der Waals surface area (Å²) in [5, 5.41) is 0.614. The van der Waals surface area contributed by atoms with Crippen molar-refractivity contribution in [3.63, 3.8) is 0 Å². The average Bonchev–Trinajstić information content (AvgIpc) is 2.46. The van der Waals surface area contributed by atoms with E-state index < -0.39 is 0 Å². The van der Waals surface area contributed by atoms with Gasteiger partial charge in [-0.1, -0.05) is 24.4 Å². The van der Waals surface area contributed by atoms with E-state index in [1.807, 2.05) is 24.3 Å². The van der Waals surface area contributed by atoms with Crippen LogP contribution in [0, 0.1) is 11.8 Å². The Kier molecular flexibility index (Phi) is 4.83. The molecular formula is C16H14ClNO. The summed E-state index contributed by atoms with van der Waals surface area (Å²) in [6.07, 6.45) is 2.59. The summed E-state index contributed by atoms with van der Waals surface area (Å²) >= 11 is 5.76. The van der Waals surface area contributed by atoms with Gasteiger partial charge >= 0.3 is 0 Å². The second-order valence-electron chi connectivity index (χ2n) is 3.98. The molecule has 0 aliphatic rings. The molecule has 0 N–H and O–H groups in total. The van der Waals surface area contributed by atoms with Gasteiger partial charge in [0.1, 0.15) is 11.4 Å². The van der Waals surface area contributed by atoms with E-state index in [4.69, 9.17) is 16.3 Å². The molecule has 0 fully saturated rings. The zero-order valence-corrected chi connectivity index (χ0v) is 11.4. The van der Waals surface area contributed by atoms with Gasteiger partial charge in [-0.15, -0.1) is 0 Å². The van der Waals surface area contributed by atoms with Crippen LogP contribution < -0.4 is 4.74 Å². The summed E-state index contributed by atoms with van der Waals surface area (Å²) < 4.78 is 5.51. The van der Waals surface area contributed by atoms with E-state index >= 15 is 0 Å². The second kappa shape index (κ2) is 6.82. The fraction of sp³-hybridized carbons (Fsp3) is 0.188. The van der Waals surface area contributed by atoms with Crippen LogP contribution in [0.1, 0.15) is 24.6 Å². The van der Waals surface area contributed by atoms with Crippen molar-refractivity contribution in [1.29, 1.82) is 0 Å². The van der Waals surface area contributed by atoms with Crippen LogP contribution in [0.25, 0.3) is 0 Å². The second-order valence-corrected chi connectivity index (χ2v) is 4.42. The molecule has 0 saturated carbocycles. The van der Waals surface area contributed by atoms with Crippen LogP contribution in [0.2, 0.25) is 5.02 Å². The molecule has 0 radical (unpaired) electrons. The summed E-state index contributed by atoms with van der Waals surface area (Å²) in [5.41, 5.74) is 1.64. The number of rotatable bonds is 3. The average molecular weight is 272 g/mol. The van der Waals surface area contributed by atoms with Crippen LogP contribution in [0.3, 0.4) is 0 Å². The summed E-state index contributed by atoms with van der Waals surface area (Å²) in [6, 6.07) is 11.3. The summed E-state index contributed by atoms with van der Waals surface area (Å²) in [7, 11) is 0. The number of halogens is 1. The Balaban J connectivity index is 2.05. The third-order valence-electron chi connectivity index (χ3n) is 2.39. The number of hydrogen-bond donors (Lipinski definition) is 0. The molecule has 0 atom stereocenters. The molecule has 3 heteroatoms. The number of ether oxygens (including phenoxy) is 1. The fourth-order valence-electron chi connectivity index (χ4n) is 1.44. The minimum atomic E-state index is 0.614. The molecule has 19 heavy (non-hydrogen) atoms. The molecule has 0 amide bonds. The highest BCUT2D eigenvalue weighted by Crippen LogP contribution is 2.12. The first-order chi connectivity index (χ1) is 9.28. The van der Waals surface area contributed by atoms with E-state index in [0.29, 0.717) is 10.7 Å². The molecule has 0 aliphatic heterocycles. The quantitative estimate of drug-likeness (QED) is 0.790. The van der Waals surface area contributed by atoms with Gasteiger partial charge in [-0.25, -0.2) is 4.98 Å². The van der Waals surface area contributed by atoms with Crippen molar-refractivity contribution < 1.29 is 4.74 Å². The first-order valence-electron chi connectivity index (χ1n) is 6.14. The van der Waals surface area contributed by atoms with E-state index in [9.17, 15) is 0 Å². The summed E-state index contributed by atoms with van der Waals surface area (Å²) in [4.78, 5) is 4.12. The van der Waals surface area contributed by atoms with Crippen molar-refractivity contribution in [3.8, 4) is 17.6 Å². The largest absolute Gasteiger partial charge is 0.494 e. The van der Waals surface area contributed by atoms with Crippen LogP contribution in [0.5, 0.6) is 5.75 Å². The Bertz CT molecular complexity index is 579. The van der Waals surface area contributed by atoms with Crippen LogP contribution in [0.15, 0.2) is 42.6 Å². The Labute approximate surface area is 118 Å².